The van der Waals surface area contributed by atoms with Gasteiger partial charge in [-0.3, -0.25) is 14.9 Å². The van der Waals surface area contributed by atoms with Crippen LogP contribution in [0.4, 0.5) is 10.5 Å². The maximum Gasteiger partial charge on any atom is 0.325 e. The van der Waals surface area contributed by atoms with Gasteiger partial charge in [0.25, 0.3) is 5.91 Å². The van der Waals surface area contributed by atoms with Crippen LogP contribution in [0.1, 0.15) is 25.8 Å². The third kappa shape index (κ3) is 7.85. The number of nitrogens with zero attached hydrogens (tertiary/aromatic N) is 1. The Kier molecular flexibility index (Phi) is 10.0. The van der Waals surface area contributed by atoms with Crippen molar-refractivity contribution in [2.45, 2.75) is 31.6 Å². The number of methoxy groups -OCH3 is 1. The van der Waals surface area contributed by atoms with Crippen molar-refractivity contribution in [2.24, 2.45) is 0 Å². The summed E-state index contributed by atoms with van der Waals surface area (Å²) in [7, 11) is -2.02. The minimum absolute atomic E-state index is 0.00648. The highest BCUT2D eigenvalue weighted by atomic mass is 32.2. The molecule has 2 N–H and O–H groups in total. The van der Waals surface area contributed by atoms with Gasteiger partial charge in [0.2, 0.25) is 10.0 Å². The zero-order valence-electron chi connectivity index (χ0n) is 19.4. The first-order valence-electron chi connectivity index (χ1n) is 10.7. The van der Waals surface area contributed by atoms with Gasteiger partial charge in [0.1, 0.15) is 5.75 Å². The molecule has 0 atom stereocenters. The molecule has 0 aliphatic rings. The van der Waals surface area contributed by atoms with Crippen LogP contribution >= 0.6 is 0 Å². The number of nitrogens with one attached hydrogen (secondary N) is 2. The summed E-state index contributed by atoms with van der Waals surface area (Å²) in [6.07, 6.45) is 0.303. The molecule has 2 aromatic carbocycles. The van der Waals surface area contributed by atoms with Crippen molar-refractivity contribution in [1.82, 2.24) is 9.62 Å². The Morgan fingerprint density at radius 1 is 0.941 bits per heavy atom. The number of amides is 3. The third-order valence-corrected chi connectivity index (χ3v) is 6.91. The van der Waals surface area contributed by atoms with E-state index < -0.39 is 34.5 Å². The number of hydrogen-bond acceptors (Lipinski definition) is 7. The Morgan fingerprint density at radius 3 is 2.12 bits per heavy atom. The monoisotopic (exact) mass is 491 g/mol. The molecule has 0 spiro atoms. The Balaban J connectivity index is 1.75. The molecule has 0 saturated heterocycles. The summed E-state index contributed by atoms with van der Waals surface area (Å²) in [6.45, 7) is 3.70. The van der Waals surface area contributed by atoms with E-state index in [-0.39, 0.29) is 11.3 Å². The van der Waals surface area contributed by atoms with Crippen LogP contribution in [0.15, 0.2) is 53.4 Å². The number of benzene rings is 2. The standard InChI is InChI=1S/C23H29N3O7S/c1-4-26(5-2)34(30,31)20-13-6-17(7-14-20)8-15-22(28)33-16-21(27)25-23(29)24-18-9-11-19(32-3)12-10-18/h6-7,9-14H,4-5,8,15-16H2,1-3H3,(H2,24,25,27,29). The van der Waals surface area contributed by atoms with E-state index in [0.29, 0.717) is 30.9 Å². The fraction of sp³-hybridized carbons (Fsp3) is 0.348. The van der Waals surface area contributed by atoms with Crippen molar-refractivity contribution in [1.29, 1.82) is 0 Å². The zero-order chi connectivity index (χ0) is 25.1. The lowest BCUT2D eigenvalue weighted by atomic mass is 10.1. The van der Waals surface area contributed by atoms with E-state index in [1.54, 1.807) is 50.2 Å². The van der Waals surface area contributed by atoms with Gasteiger partial charge in [-0.15, -0.1) is 0 Å². The molecular formula is C23H29N3O7S. The number of sulfonamides is 1. The summed E-state index contributed by atoms with van der Waals surface area (Å²) in [5.74, 6) is -0.773. The van der Waals surface area contributed by atoms with Crippen LogP contribution < -0.4 is 15.4 Å². The molecule has 0 unspecified atom stereocenters. The first-order valence-corrected chi connectivity index (χ1v) is 12.1. The summed E-state index contributed by atoms with van der Waals surface area (Å²) < 4.78 is 36.3. The molecule has 2 aromatic rings. The highest BCUT2D eigenvalue weighted by molar-refractivity contribution is 7.89. The van der Waals surface area contributed by atoms with Crippen LogP contribution in [0.3, 0.4) is 0 Å². The Morgan fingerprint density at radius 2 is 1.56 bits per heavy atom. The minimum atomic E-state index is -3.54. The Bertz CT molecular complexity index is 1080. The van der Waals surface area contributed by atoms with Gasteiger partial charge in [0, 0.05) is 25.2 Å². The van der Waals surface area contributed by atoms with Gasteiger partial charge in [0.05, 0.1) is 12.0 Å². The molecule has 0 saturated carbocycles. The van der Waals surface area contributed by atoms with Crippen LogP contribution in [-0.2, 0) is 30.8 Å². The molecule has 0 bridgehead atoms. The van der Waals surface area contributed by atoms with Crippen molar-refractivity contribution in [3.63, 3.8) is 0 Å². The molecule has 0 aliphatic carbocycles. The number of rotatable bonds is 11. The number of carbonyl (C=O) groups excluding carboxylic acids is 3. The second-order valence-electron chi connectivity index (χ2n) is 7.12. The predicted molar refractivity (Wildman–Crippen MR) is 126 cm³/mol. The van der Waals surface area contributed by atoms with E-state index in [0.717, 1.165) is 5.56 Å². The molecule has 10 nitrogen and oxygen atoms in total. The lowest BCUT2D eigenvalue weighted by Gasteiger charge is -2.18. The number of ether oxygens (including phenoxy) is 2. The topological polar surface area (TPSA) is 131 Å². The van der Waals surface area contributed by atoms with Gasteiger partial charge in [-0.1, -0.05) is 26.0 Å². The fourth-order valence-corrected chi connectivity index (χ4v) is 4.46. The minimum Gasteiger partial charge on any atom is -0.497 e. The lowest BCUT2D eigenvalue weighted by Crippen LogP contribution is -2.37. The molecule has 0 aliphatic heterocycles. The van der Waals surface area contributed by atoms with E-state index in [1.807, 2.05) is 0 Å². The first-order chi connectivity index (χ1) is 16.2. The summed E-state index contributed by atoms with van der Waals surface area (Å²) in [5.41, 5.74) is 1.21. The smallest absolute Gasteiger partial charge is 0.325 e. The maximum absolute atomic E-state index is 12.5. The van der Waals surface area contributed by atoms with Crippen LogP contribution in [0.25, 0.3) is 0 Å². The van der Waals surface area contributed by atoms with Crippen LogP contribution in [0.2, 0.25) is 0 Å². The van der Waals surface area contributed by atoms with E-state index in [9.17, 15) is 22.8 Å². The second kappa shape index (κ2) is 12.7. The molecule has 34 heavy (non-hydrogen) atoms. The van der Waals surface area contributed by atoms with Crippen LogP contribution in [0.5, 0.6) is 5.75 Å². The Labute approximate surface area is 199 Å². The average Bonchev–Trinajstić information content (AvgIpc) is 2.82. The van der Waals surface area contributed by atoms with Crippen molar-refractivity contribution in [3.8, 4) is 5.75 Å². The normalized spacial score (nSPS) is 11.1. The van der Waals surface area contributed by atoms with Crippen LogP contribution in [0, 0.1) is 0 Å². The van der Waals surface area contributed by atoms with Gasteiger partial charge < -0.3 is 14.8 Å². The molecule has 0 fully saturated rings. The van der Waals surface area contributed by atoms with Gasteiger partial charge >= 0.3 is 12.0 Å². The largest absolute Gasteiger partial charge is 0.497 e. The van der Waals surface area contributed by atoms with Gasteiger partial charge in [-0.25, -0.2) is 13.2 Å². The highest BCUT2D eigenvalue weighted by Gasteiger charge is 2.21. The van der Waals surface area contributed by atoms with Crippen molar-refractivity contribution >= 4 is 33.6 Å². The van der Waals surface area contributed by atoms with Gasteiger partial charge in [-0.05, 0) is 48.4 Å². The molecular weight excluding hydrogens is 462 g/mol. The summed E-state index contributed by atoms with van der Waals surface area (Å²) in [6, 6.07) is 12.0. The number of urea groups is 1. The number of carbonyl (C=O) groups is 3. The summed E-state index contributed by atoms with van der Waals surface area (Å²) >= 11 is 0. The fourth-order valence-electron chi connectivity index (χ4n) is 3.00. The zero-order valence-corrected chi connectivity index (χ0v) is 20.2. The summed E-state index contributed by atoms with van der Waals surface area (Å²) in [4.78, 5) is 35.8. The molecule has 3 amide bonds. The number of aryl methyl sites for hydroxylation is 1. The number of imide groups is 1. The molecule has 2 rings (SSSR count). The quantitative estimate of drug-likeness (QED) is 0.462. The van der Waals surface area contributed by atoms with Crippen LogP contribution in [-0.4, -0.2) is 57.4 Å². The van der Waals surface area contributed by atoms with E-state index >= 15 is 0 Å². The number of esters is 1. The molecule has 11 heteroatoms. The SMILES string of the molecule is CCN(CC)S(=O)(=O)c1ccc(CCC(=O)OCC(=O)NC(=O)Nc2ccc(OC)cc2)cc1. The maximum atomic E-state index is 12.5. The predicted octanol–water partition coefficient (Wildman–Crippen LogP) is 2.55. The lowest BCUT2D eigenvalue weighted by molar-refractivity contribution is -0.148. The van der Waals surface area contributed by atoms with Gasteiger partial charge in [0.15, 0.2) is 6.61 Å². The molecule has 184 valence electrons. The van der Waals surface area contributed by atoms with E-state index in [2.05, 4.69) is 10.6 Å². The molecule has 0 radical (unpaired) electrons. The summed E-state index contributed by atoms with van der Waals surface area (Å²) in [5, 5.41) is 4.54. The first kappa shape index (κ1) is 26.8. The average molecular weight is 492 g/mol. The van der Waals surface area contributed by atoms with Crippen molar-refractivity contribution < 1.29 is 32.3 Å². The second-order valence-corrected chi connectivity index (χ2v) is 9.06. The Hall–Kier alpha value is -3.44. The van der Waals surface area contributed by atoms with Crippen molar-refractivity contribution in [3.05, 3.63) is 54.1 Å². The highest BCUT2D eigenvalue weighted by Crippen LogP contribution is 2.17. The third-order valence-electron chi connectivity index (χ3n) is 4.85. The van der Waals surface area contributed by atoms with Crippen molar-refractivity contribution in [2.75, 3.05) is 32.1 Å². The van der Waals surface area contributed by atoms with Gasteiger partial charge in [-0.2, -0.15) is 4.31 Å². The number of anilines is 1. The van der Waals surface area contributed by atoms with E-state index in [1.165, 1.54) is 23.5 Å². The number of hydrogen-bond donors (Lipinski definition) is 2. The molecule has 0 aromatic heterocycles. The molecule has 0 heterocycles. The van der Waals surface area contributed by atoms with E-state index in [4.69, 9.17) is 9.47 Å².